The van der Waals surface area contributed by atoms with Gasteiger partial charge < -0.3 is 15.4 Å². The van der Waals surface area contributed by atoms with Crippen LogP contribution >= 0.6 is 15.9 Å². The van der Waals surface area contributed by atoms with Gasteiger partial charge in [-0.2, -0.15) is 0 Å². The number of ether oxygens (including phenoxy) is 1. The van der Waals surface area contributed by atoms with Crippen molar-refractivity contribution < 1.29 is 9.53 Å². The zero-order valence-electron chi connectivity index (χ0n) is 11.6. The van der Waals surface area contributed by atoms with Crippen LogP contribution in [0.4, 0.5) is 0 Å². The van der Waals surface area contributed by atoms with E-state index in [1.54, 1.807) is 0 Å². The van der Waals surface area contributed by atoms with E-state index >= 15 is 0 Å². The highest BCUT2D eigenvalue weighted by Gasteiger charge is 2.25. The first-order valence-corrected chi connectivity index (χ1v) is 7.88. The number of rotatable bonds is 5. The largest absolute Gasteiger partial charge is 0.492 e. The summed E-state index contributed by atoms with van der Waals surface area (Å²) in [5, 5.41) is 0. The van der Waals surface area contributed by atoms with Gasteiger partial charge in [-0.3, -0.25) is 4.79 Å². The fourth-order valence-corrected chi connectivity index (χ4v) is 2.93. The van der Waals surface area contributed by atoms with Crippen molar-refractivity contribution in [3.63, 3.8) is 0 Å². The number of hydrogen-bond acceptors (Lipinski definition) is 3. The van der Waals surface area contributed by atoms with Crippen LogP contribution in [0.15, 0.2) is 28.7 Å². The lowest BCUT2D eigenvalue weighted by molar-refractivity contribution is -0.135. The standard InChI is InChI=1S/C15H21BrN2O2/c16-13-6-1-2-7-14(13)20-10-8-15(19)18-9-4-3-5-12(18)11-17/h1-2,6-7,12H,3-5,8-11,17H2. The molecule has 1 heterocycles. The van der Waals surface area contributed by atoms with Gasteiger partial charge in [-0.05, 0) is 47.3 Å². The Balaban J connectivity index is 1.81. The van der Waals surface area contributed by atoms with Crippen molar-refractivity contribution >= 4 is 21.8 Å². The molecule has 0 spiro atoms. The summed E-state index contributed by atoms with van der Waals surface area (Å²) >= 11 is 3.42. The number of carbonyl (C=O) groups excluding carboxylic acids is 1. The minimum absolute atomic E-state index is 0.146. The lowest BCUT2D eigenvalue weighted by atomic mass is 10.0. The molecule has 4 nitrogen and oxygen atoms in total. The van der Waals surface area contributed by atoms with Crippen LogP contribution in [-0.2, 0) is 4.79 Å². The molecule has 1 unspecified atom stereocenters. The number of nitrogens with two attached hydrogens (primary N) is 1. The molecule has 110 valence electrons. The van der Waals surface area contributed by atoms with Gasteiger partial charge in [0.25, 0.3) is 0 Å². The van der Waals surface area contributed by atoms with Gasteiger partial charge in [-0.15, -0.1) is 0 Å². The number of halogens is 1. The first-order valence-electron chi connectivity index (χ1n) is 7.09. The van der Waals surface area contributed by atoms with Crippen molar-refractivity contribution in [2.45, 2.75) is 31.7 Å². The summed E-state index contributed by atoms with van der Waals surface area (Å²) in [5.74, 6) is 0.918. The number of likely N-dealkylation sites (tertiary alicyclic amines) is 1. The van der Waals surface area contributed by atoms with E-state index in [4.69, 9.17) is 10.5 Å². The summed E-state index contributed by atoms with van der Waals surface area (Å²) in [6.07, 6.45) is 3.66. The van der Waals surface area contributed by atoms with Gasteiger partial charge >= 0.3 is 0 Å². The molecule has 1 amide bonds. The Kier molecular flexibility index (Phi) is 5.86. The number of nitrogens with zero attached hydrogens (tertiary/aromatic N) is 1. The maximum absolute atomic E-state index is 12.2. The molecular formula is C15H21BrN2O2. The van der Waals surface area contributed by atoms with Crippen molar-refractivity contribution in [3.8, 4) is 5.75 Å². The highest BCUT2D eigenvalue weighted by molar-refractivity contribution is 9.10. The molecule has 2 N–H and O–H groups in total. The van der Waals surface area contributed by atoms with Crippen molar-refractivity contribution in [3.05, 3.63) is 28.7 Å². The van der Waals surface area contributed by atoms with Crippen LogP contribution in [0.5, 0.6) is 5.75 Å². The second-order valence-corrected chi connectivity index (χ2v) is 5.86. The maximum Gasteiger partial charge on any atom is 0.226 e. The van der Waals surface area contributed by atoms with E-state index in [-0.39, 0.29) is 11.9 Å². The number of hydrogen-bond donors (Lipinski definition) is 1. The minimum Gasteiger partial charge on any atom is -0.492 e. The van der Waals surface area contributed by atoms with Crippen LogP contribution in [0.2, 0.25) is 0 Å². The third kappa shape index (κ3) is 3.96. The molecule has 2 rings (SSSR count). The fourth-order valence-electron chi connectivity index (χ4n) is 2.53. The van der Waals surface area contributed by atoms with Gasteiger partial charge in [0, 0.05) is 19.1 Å². The highest BCUT2D eigenvalue weighted by Crippen LogP contribution is 2.24. The van der Waals surface area contributed by atoms with Crippen molar-refractivity contribution in [1.82, 2.24) is 4.90 Å². The molecule has 1 saturated heterocycles. The van der Waals surface area contributed by atoms with Gasteiger partial charge in [0.15, 0.2) is 0 Å². The van der Waals surface area contributed by atoms with Crippen LogP contribution in [0.25, 0.3) is 0 Å². The number of para-hydroxylation sites is 1. The Bertz CT molecular complexity index is 453. The zero-order chi connectivity index (χ0) is 14.4. The molecule has 0 aliphatic carbocycles. The predicted octanol–water partition coefficient (Wildman–Crippen LogP) is 2.56. The molecule has 1 aromatic carbocycles. The van der Waals surface area contributed by atoms with Crippen LogP contribution < -0.4 is 10.5 Å². The van der Waals surface area contributed by atoms with E-state index in [1.807, 2.05) is 29.2 Å². The van der Waals surface area contributed by atoms with Gasteiger partial charge in [-0.1, -0.05) is 12.1 Å². The van der Waals surface area contributed by atoms with Crippen LogP contribution in [0.3, 0.4) is 0 Å². The average Bonchev–Trinajstić information content (AvgIpc) is 2.49. The fraction of sp³-hybridized carbons (Fsp3) is 0.533. The number of piperidine rings is 1. The Labute approximate surface area is 128 Å². The Morgan fingerprint density at radius 1 is 1.40 bits per heavy atom. The normalized spacial score (nSPS) is 18.9. The van der Waals surface area contributed by atoms with Crippen molar-refractivity contribution in [1.29, 1.82) is 0 Å². The first kappa shape index (κ1) is 15.3. The van der Waals surface area contributed by atoms with Crippen molar-refractivity contribution in [2.75, 3.05) is 19.7 Å². The van der Waals surface area contributed by atoms with E-state index in [0.29, 0.717) is 19.6 Å². The van der Waals surface area contributed by atoms with E-state index in [9.17, 15) is 4.79 Å². The summed E-state index contributed by atoms with van der Waals surface area (Å²) in [4.78, 5) is 14.1. The second kappa shape index (κ2) is 7.64. The SMILES string of the molecule is NCC1CCCCN1C(=O)CCOc1ccccc1Br. The first-order chi connectivity index (χ1) is 9.72. The minimum atomic E-state index is 0.146. The Hall–Kier alpha value is -1.07. The zero-order valence-corrected chi connectivity index (χ0v) is 13.1. The molecule has 1 aliphatic rings. The molecule has 0 saturated carbocycles. The van der Waals surface area contributed by atoms with E-state index < -0.39 is 0 Å². The van der Waals surface area contributed by atoms with Gasteiger partial charge in [0.1, 0.15) is 5.75 Å². The van der Waals surface area contributed by atoms with E-state index in [1.165, 1.54) is 6.42 Å². The van der Waals surface area contributed by atoms with Crippen LogP contribution in [0.1, 0.15) is 25.7 Å². The maximum atomic E-state index is 12.2. The molecule has 0 bridgehead atoms. The van der Waals surface area contributed by atoms with Gasteiger partial charge in [0.05, 0.1) is 17.5 Å². The second-order valence-electron chi connectivity index (χ2n) is 5.00. The average molecular weight is 341 g/mol. The molecule has 1 aliphatic heterocycles. The number of amides is 1. The van der Waals surface area contributed by atoms with Gasteiger partial charge in [0.2, 0.25) is 5.91 Å². The molecule has 0 aromatic heterocycles. The summed E-state index contributed by atoms with van der Waals surface area (Å²) < 4.78 is 6.55. The van der Waals surface area contributed by atoms with E-state index in [2.05, 4.69) is 15.9 Å². The topological polar surface area (TPSA) is 55.6 Å². The molecular weight excluding hydrogens is 320 g/mol. The molecule has 5 heteroatoms. The summed E-state index contributed by atoms with van der Waals surface area (Å²) in [6, 6.07) is 7.86. The molecule has 20 heavy (non-hydrogen) atoms. The Morgan fingerprint density at radius 2 is 2.20 bits per heavy atom. The smallest absolute Gasteiger partial charge is 0.226 e. The Morgan fingerprint density at radius 3 is 2.95 bits per heavy atom. The van der Waals surface area contributed by atoms with Crippen LogP contribution in [-0.4, -0.2) is 36.5 Å². The molecule has 1 atom stereocenters. The monoisotopic (exact) mass is 340 g/mol. The summed E-state index contributed by atoms with van der Waals surface area (Å²) in [7, 11) is 0. The van der Waals surface area contributed by atoms with Gasteiger partial charge in [-0.25, -0.2) is 0 Å². The number of carbonyl (C=O) groups is 1. The predicted molar refractivity (Wildman–Crippen MR) is 82.7 cm³/mol. The quantitative estimate of drug-likeness (QED) is 0.896. The van der Waals surface area contributed by atoms with E-state index in [0.717, 1.165) is 29.6 Å². The summed E-state index contributed by atoms with van der Waals surface area (Å²) in [5.41, 5.74) is 5.74. The van der Waals surface area contributed by atoms with Crippen LogP contribution in [0, 0.1) is 0 Å². The summed E-state index contributed by atoms with van der Waals surface area (Å²) in [6.45, 7) is 1.78. The molecule has 0 radical (unpaired) electrons. The van der Waals surface area contributed by atoms with Crippen molar-refractivity contribution in [2.24, 2.45) is 5.73 Å². The lowest BCUT2D eigenvalue weighted by Gasteiger charge is -2.35. The molecule has 1 aromatic rings. The lowest BCUT2D eigenvalue weighted by Crippen LogP contribution is -2.47. The highest BCUT2D eigenvalue weighted by atomic mass is 79.9. The third-order valence-corrected chi connectivity index (χ3v) is 4.28. The number of benzene rings is 1. The third-order valence-electron chi connectivity index (χ3n) is 3.63. The molecule has 1 fully saturated rings.